The number of hydrogen-bond donors (Lipinski definition) is 1. The van der Waals surface area contributed by atoms with Crippen LogP contribution in [0.3, 0.4) is 0 Å². The van der Waals surface area contributed by atoms with Crippen LogP contribution in [0.5, 0.6) is 0 Å². The molecule has 0 aromatic heterocycles. The number of carbonyl (C=O) groups is 4. The highest BCUT2D eigenvalue weighted by molar-refractivity contribution is 5.78. The Balaban J connectivity index is 3.07. The zero-order chi connectivity index (χ0) is 20.6. The van der Waals surface area contributed by atoms with E-state index in [2.05, 4.69) is 15.3 Å². The van der Waals surface area contributed by atoms with E-state index in [-0.39, 0.29) is 6.61 Å². The minimum atomic E-state index is -1.22. The summed E-state index contributed by atoms with van der Waals surface area (Å²) in [5.41, 5.74) is 8.31. The molecule has 1 aliphatic rings. The molecule has 1 heterocycles. The zero-order valence-corrected chi connectivity index (χ0v) is 15.4. The minimum absolute atomic E-state index is 0.241. The number of azide groups is 1. The monoisotopic (exact) mass is 386 g/mol. The molecule has 0 bridgehead atoms. The number of ether oxygens (including phenoxy) is 4. The highest BCUT2D eigenvalue weighted by Crippen LogP contribution is 2.29. The van der Waals surface area contributed by atoms with E-state index in [9.17, 15) is 19.2 Å². The van der Waals surface area contributed by atoms with Gasteiger partial charge in [0.2, 0.25) is 12.2 Å². The molecule has 0 spiro atoms. The predicted molar refractivity (Wildman–Crippen MR) is 87.7 cm³/mol. The Morgan fingerprint density at radius 2 is 1.74 bits per heavy atom. The number of nitrogens with one attached hydrogen (secondary N) is 1. The van der Waals surface area contributed by atoms with Gasteiger partial charge in [-0.3, -0.25) is 19.2 Å². The molecule has 1 fully saturated rings. The van der Waals surface area contributed by atoms with E-state index >= 15 is 0 Å². The first-order valence-electron chi connectivity index (χ1n) is 8.09. The summed E-state index contributed by atoms with van der Waals surface area (Å²) in [6.45, 7) is 4.49. The first-order valence-corrected chi connectivity index (χ1v) is 8.09. The van der Waals surface area contributed by atoms with Gasteiger partial charge in [0.1, 0.15) is 25.4 Å². The second kappa shape index (κ2) is 10.3. The van der Waals surface area contributed by atoms with E-state index in [1.807, 2.05) is 0 Å². The van der Waals surface area contributed by atoms with E-state index in [1.165, 1.54) is 13.8 Å². The minimum Gasteiger partial charge on any atom is -0.463 e. The van der Waals surface area contributed by atoms with Gasteiger partial charge in [0.05, 0.1) is 6.04 Å². The van der Waals surface area contributed by atoms with Crippen molar-refractivity contribution >= 4 is 23.8 Å². The van der Waals surface area contributed by atoms with Gasteiger partial charge in [-0.1, -0.05) is 12.0 Å². The number of amides is 1. The highest BCUT2D eigenvalue weighted by Gasteiger charge is 2.48. The molecule has 1 amide bonds. The predicted octanol–water partition coefficient (Wildman–Crippen LogP) is 0.200. The smallest absolute Gasteiger partial charge is 0.305 e. The van der Waals surface area contributed by atoms with Crippen molar-refractivity contribution < 1.29 is 38.1 Å². The largest absolute Gasteiger partial charge is 0.463 e. The summed E-state index contributed by atoms with van der Waals surface area (Å²) in [5, 5.41) is 5.70. The molecular formula is C15H22N4O8. The maximum Gasteiger partial charge on any atom is 0.305 e. The van der Waals surface area contributed by atoms with Crippen molar-refractivity contribution in [3.8, 4) is 0 Å². The molecule has 12 nitrogen and oxygen atoms in total. The molecule has 1 rings (SSSR count). The summed E-state index contributed by atoms with van der Waals surface area (Å²) in [6.07, 6.45) is -3.03. The van der Waals surface area contributed by atoms with E-state index in [1.54, 1.807) is 6.92 Å². The van der Waals surface area contributed by atoms with Crippen molar-refractivity contribution in [2.24, 2.45) is 11.0 Å². The van der Waals surface area contributed by atoms with Crippen LogP contribution in [0.25, 0.3) is 10.4 Å². The van der Waals surface area contributed by atoms with Crippen LogP contribution < -0.4 is 5.32 Å². The van der Waals surface area contributed by atoms with Crippen LogP contribution in [0, 0.1) is 5.92 Å². The molecule has 0 saturated carbocycles. The lowest BCUT2D eigenvalue weighted by Crippen LogP contribution is -2.62. The molecular weight excluding hydrogens is 364 g/mol. The number of carbonyl (C=O) groups excluding carboxylic acids is 4. The van der Waals surface area contributed by atoms with Gasteiger partial charge in [-0.2, -0.15) is 0 Å². The van der Waals surface area contributed by atoms with Crippen LogP contribution >= 0.6 is 0 Å². The lowest BCUT2D eigenvalue weighted by Gasteiger charge is -2.44. The first-order chi connectivity index (χ1) is 12.6. The second-order valence-electron chi connectivity index (χ2n) is 5.87. The normalized spacial score (nSPS) is 26.9. The molecule has 27 heavy (non-hydrogen) atoms. The topological polar surface area (TPSA) is 166 Å². The maximum atomic E-state index is 11.9. The summed E-state index contributed by atoms with van der Waals surface area (Å²) in [5.74, 6) is -3.05. The summed E-state index contributed by atoms with van der Waals surface area (Å²) in [6, 6.07) is -0.895. The Hall–Kier alpha value is -2.85. The third-order valence-corrected chi connectivity index (χ3v) is 3.69. The van der Waals surface area contributed by atoms with Gasteiger partial charge < -0.3 is 24.3 Å². The molecule has 0 aromatic rings. The van der Waals surface area contributed by atoms with Crippen molar-refractivity contribution in [3.63, 3.8) is 0 Å². The molecule has 12 heteroatoms. The van der Waals surface area contributed by atoms with Crippen molar-refractivity contribution in [3.05, 3.63) is 10.4 Å². The standard InChI is InChI=1S/C15H22N4O8/c1-7-13(18-12(23)5-17-19-16)15(26-10(4)22)27-11(6-24-8(2)20)14(7)25-9(3)21/h7,11,13-15H,5-6H2,1-4H3,(H,18,23)/t7-,11?,13?,14-,15?/m1/s1. The van der Waals surface area contributed by atoms with E-state index in [0.717, 1.165) is 6.92 Å². The Bertz CT molecular complexity index is 633. The SMILES string of the molecule is CC(=O)OCC1OC(OC(C)=O)C(NC(=O)CN=[N+]=[N-])[C@@H](C)[C@H]1OC(C)=O. The van der Waals surface area contributed by atoms with Gasteiger partial charge in [0.25, 0.3) is 0 Å². The summed E-state index contributed by atoms with van der Waals surface area (Å²) in [4.78, 5) is 48.4. The van der Waals surface area contributed by atoms with Crippen LogP contribution in [0.2, 0.25) is 0 Å². The van der Waals surface area contributed by atoms with Gasteiger partial charge in [-0.25, -0.2) is 0 Å². The van der Waals surface area contributed by atoms with Gasteiger partial charge in [-0.15, -0.1) is 0 Å². The highest BCUT2D eigenvalue weighted by atomic mass is 16.7. The fourth-order valence-corrected chi connectivity index (χ4v) is 2.63. The molecule has 150 valence electrons. The van der Waals surface area contributed by atoms with Crippen LogP contribution in [0.15, 0.2) is 5.11 Å². The lowest BCUT2D eigenvalue weighted by molar-refractivity contribution is -0.256. The molecule has 0 aliphatic carbocycles. The van der Waals surface area contributed by atoms with Crippen molar-refractivity contribution in [2.45, 2.75) is 52.2 Å². The van der Waals surface area contributed by atoms with E-state index in [0.29, 0.717) is 0 Å². The molecule has 1 saturated heterocycles. The number of nitrogens with zero attached hydrogens (tertiary/aromatic N) is 3. The van der Waals surface area contributed by atoms with E-state index in [4.69, 9.17) is 24.5 Å². The van der Waals surface area contributed by atoms with Crippen molar-refractivity contribution in [1.29, 1.82) is 0 Å². The van der Waals surface area contributed by atoms with Crippen LogP contribution in [0.1, 0.15) is 27.7 Å². The summed E-state index contributed by atoms with van der Waals surface area (Å²) < 4.78 is 20.9. The molecule has 1 aliphatic heterocycles. The van der Waals surface area contributed by atoms with Crippen LogP contribution in [-0.2, 0) is 38.1 Å². The lowest BCUT2D eigenvalue weighted by atomic mass is 9.88. The number of hydrogen-bond acceptors (Lipinski definition) is 9. The Morgan fingerprint density at radius 3 is 2.26 bits per heavy atom. The average Bonchev–Trinajstić information content (AvgIpc) is 2.56. The quantitative estimate of drug-likeness (QED) is 0.213. The Labute approximate surface area is 155 Å². The average molecular weight is 386 g/mol. The van der Waals surface area contributed by atoms with E-state index < -0.39 is 60.8 Å². The van der Waals surface area contributed by atoms with Crippen molar-refractivity contribution in [2.75, 3.05) is 13.2 Å². The molecule has 0 radical (unpaired) electrons. The zero-order valence-electron chi connectivity index (χ0n) is 15.4. The van der Waals surface area contributed by atoms with Crippen LogP contribution in [0.4, 0.5) is 0 Å². The third-order valence-electron chi connectivity index (χ3n) is 3.69. The van der Waals surface area contributed by atoms with Crippen LogP contribution in [-0.4, -0.2) is 61.5 Å². The van der Waals surface area contributed by atoms with Gasteiger partial charge in [0, 0.05) is 31.6 Å². The number of esters is 3. The maximum absolute atomic E-state index is 11.9. The molecule has 3 unspecified atom stereocenters. The fourth-order valence-electron chi connectivity index (χ4n) is 2.63. The van der Waals surface area contributed by atoms with Crippen molar-refractivity contribution in [1.82, 2.24) is 5.32 Å². The summed E-state index contributed by atoms with van der Waals surface area (Å²) in [7, 11) is 0. The molecule has 5 atom stereocenters. The molecule has 1 N–H and O–H groups in total. The fraction of sp³-hybridized carbons (Fsp3) is 0.733. The number of rotatable bonds is 7. The Kier molecular flexibility index (Phi) is 8.49. The third kappa shape index (κ3) is 7.12. The second-order valence-corrected chi connectivity index (χ2v) is 5.87. The summed E-state index contributed by atoms with van der Waals surface area (Å²) >= 11 is 0. The van der Waals surface area contributed by atoms with Gasteiger partial charge in [-0.05, 0) is 5.53 Å². The van der Waals surface area contributed by atoms with Gasteiger partial charge >= 0.3 is 17.9 Å². The van der Waals surface area contributed by atoms with Gasteiger partial charge in [0.15, 0.2) is 0 Å². The first kappa shape index (κ1) is 22.2. The molecule has 0 aromatic carbocycles. The Morgan fingerprint density at radius 1 is 1.11 bits per heavy atom.